The fraction of sp³-hybridized carbons (Fsp3) is 0.143. The fourth-order valence-corrected chi connectivity index (χ4v) is 2.13. The van der Waals surface area contributed by atoms with Crippen molar-refractivity contribution in [2.24, 2.45) is 0 Å². The normalized spacial score (nSPS) is 11.6. The third kappa shape index (κ3) is 2.59. The lowest BCUT2D eigenvalue weighted by molar-refractivity contribution is 0.573. The number of benzene rings is 1. The van der Waals surface area contributed by atoms with Crippen LogP contribution in [-0.2, 0) is 9.05 Å². The van der Waals surface area contributed by atoms with E-state index in [0.29, 0.717) is 4.90 Å². The van der Waals surface area contributed by atoms with E-state index in [1.807, 2.05) is 0 Å². The highest BCUT2D eigenvalue weighted by Crippen LogP contribution is 2.23. The molecule has 0 unspecified atom stereocenters. The molecule has 0 atom stereocenters. The van der Waals surface area contributed by atoms with Crippen molar-refractivity contribution in [2.75, 3.05) is 6.26 Å². The first kappa shape index (κ1) is 10.8. The lowest BCUT2D eigenvalue weighted by atomic mass is 10.3. The summed E-state index contributed by atoms with van der Waals surface area (Å²) in [5, 5.41) is 0. The summed E-state index contributed by atoms with van der Waals surface area (Å²) in [6.07, 6.45) is 1.77. The highest BCUT2D eigenvalue weighted by atomic mass is 35.7. The summed E-state index contributed by atoms with van der Waals surface area (Å²) in [5.41, 5.74) is 0. The zero-order chi connectivity index (χ0) is 10.1. The summed E-state index contributed by atoms with van der Waals surface area (Å²) in [6.45, 7) is 0. The maximum atomic E-state index is 13.1. The average molecular weight is 241 g/mol. The lowest BCUT2D eigenvalue weighted by Crippen LogP contribution is -1.94. The van der Waals surface area contributed by atoms with Crippen molar-refractivity contribution in [3.63, 3.8) is 0 Å². The Morgan fingerprint density at radius 3 is 2.46 bits per heavy atom. The van der Waals surface area contributed by atoms with Crippen molar-refractivity contribution < 1.29 is 12.8 Å². The molecular weight excluding hydrogens is 235 g/mol. The molecule has 0 aliphatic rings. The Labute approximate surface area is 84.5 Å². The monoisotopic (exact) mass is 240 g/mol. The van der Waals surface area contributed by atoms with E-state index in [1.54, 1.807) is 6.26 Å². The van der Waals surface area contributed by atoms with Gasteiger partial charge in [-0.2, -0.15) is 0 Å². The maximum Gasteiger partial charge on any atom is 0.264 e. The number of rotatable bonds is 2. The summed E-state index contributed by atoms with van der Waals surface area (Å²) in [6, 6.07) is 3.80. The third-order valence-corrected chi connectivity index (χ3v) is 3.48. The van der Waals surface area contributed by atoms with Crippen molar-refractivity contribution in [1.82, 2.24) is 0 Å². The zero-order valence-electron chi connectivity index (χ0n) is 6.62. The minimum Gasteiger partial charge on any atom is -0.207 e. The molecule has 0 aliphatic heterocycles. The Morgan fingerprint density at radius 2 is 2.08 bits per heavy atom. The molecule has 1 rings (SSSR count). The summed E-state index contributed by atoms with van der Waals surface area (Å²) in [5.74, 6) is -0.818. The first-order chi connectivity index (χ1) is 5.95. The first-order valence-corrected chi connectivity index (χ1v) is 6.77. The van der Waals surface area contributed by atoms with E-state index < -0.39 is 19.8 Å². The second kappa shape index (κ2) is 3.86. The second-order valence-electron chi connectivity index (χ2n) is 2.23. The highest BCUT2D eigenvalue weighted by molar-refractivity contribution is 8.13. The quantitative estimate of drug-likeness (QED) is 0.588. The molecule has 6 heteroatoms. The number of halogens is 2. The predicted molar refractivity (Wildman–Crippen MR) is 51.2 cm³/mol. The summed E-state index contributed by atoms with van der Waals surface area (Å²) >= 11 is 1.32. The van der Waals surface area contributed by atoms with E-state index in [0.717, 1.165) is 12.1 Å². The largest absolute Gasteiger partial charge is 0.264 e. The molecule has 0 amide bonds. The topological polar surface area (TPSA) is 34.1 Å². The van der Waals surface area contributed by atoms with Gasteiger partial charge in [0.15, 0.2) is 0 Å². The molecule has 0 fully saturated rings. The van der Waals surface area contributed by atoms with Gasteiger partial charge in [0.05, 0.1) is 0 Å². The molecule has 72 valence electrons. The van der Waals surface area contributed by atoms with Gasteiger partial charge in [0.1, 0.15) is 10.7 Å². The van der Waals surface area contributed by atoms with Crippen molar-refractivity contribution >= 4 is 31.5 Å². The van der Waals surface area contributed by atoms with Crippen molar-refractivity contribution in [3.05, 3.63) is 24.0 Å². The van der Waals surface area contributed by atoms with Gasteiger partial charge in [-0.15, -0.1) is 11.8 Å². The van der Waals surface area contributed by atoms with Crippen LogP contribution in [0.4, 0.5) is 4.39 Å². The van der Waals surface area contributed by atoms with Crippen LogP contribution in [0.1, 0.15) is 0 Å². The van der Waals surface area contributed by atoms with Gasteiger partial charge in [0.25, 0.3) is 9.05 Å². The van der Waals surface area contributed by atoms with E-state index in [2.05, 4.69) is 0 Å². The SMILES string of the molecule is CSc1ccc(S(=O)(=O)Cl)c(F)c1. The van der Waals surface area contributed by atoms with E-state index in [9.17, 15) is 12.8 Å². The molecule has 0 saturated carbocycles. The van der Waals surface area contributed by atoms with E-state index in [4.69, 9.17) is 10.7 Å². The van der Waals surface area contributed by atoms with Gasteiger partial charge in [0.2, 0.25) is 0 Å². The smallest absolute Gasteiger partial charge is 0.207 e. The molecule has 0 saturated heterocycles. The number of thioether (sulfide) groups is 1. The fourth-order valence-electron chi connectivity index (χ4n) is 0.806. The van der Waals surface area contributed by atoms with Crippen molar-refractivity contribution in [2.45, 2.75) is 9.79 Å². The van der Waals surface area contributed by atoms with Gasteiger partial charge in [-0.3, -0.25) is 0 Å². The molecular formula is C7H6ClFO2S2. The van der Waals surface area contributed by atoms with Crippen LogP contribution in [0, 0.1) is 5.82 Å². The number of hydrogen-bond acceptors (Lipinski definition) is 3. The summed E-state index contributed by atoms with van der Waals surface area (Å²) in [7, 11) is 1.01. The zero-order valence-corrected chi connectivity index (χ0v) is 9.01. The van der Waals surface area contributed by atoms with Crippen LogP contribution >= 0.6 is 22.4 Å². The Kier molecular flexibility index (Phi) is 3.21. The van der Waals surface area contributed by atoms with Gasteiger partial charge in [-0.05, 0) is 24.5 Å². The molecule has 0 aromatic heterocycles. The molecule has 2 nitrogen and oxygen atoms in total. The second-order valence-corrected chi connectivity index (χ2v) is 5.65. The molecule has 0 bridgehead atoms. The highest BCUT2D eigenvalue weighted by Gasteiger charge is 2.15. The first-order valence-electron chi connectivity index (χ1n) is 3.23. The molecule has 0 radical (unpaired) electrons. The average Bonchev–Trinajstić information content (AvgIpc) is 2.01. The Morgan fingerprint density at radius 1 is 1.46 bits per heavy atom. The third-order valence-electron chi connectivity index (χ3n) is 1.40. The van der Waals surface area contributed by atoms with Crippen molar-refractivity contribution in [3.8, 4) is 0 Å². The summed E-state index contributed by atoms with van der Waals surface area (Å²) in [4.78, 5) is 0.175. The molecule has 1 aromatic carbocycles. The molecule has 0 N–H and O–H groups in total. The van der Waals surface area contributed by atoms with Gasteiger partial charge in [-0.25, -0.2) is 12.8 Å². The minimum absolute atomic E-state index is 0.480. The molecule has 0 spiro atoms. The predicted octanol–water partition coefficient (Wildman–Crippen LogP) is 2.48. The van der Waals surface area contributed by atoms with Crippen LogP contribution in [0.15, 0.2) is 28.0 Å². The minimum atomic E-state index is -3.97. The molecule has 0 aliphatic carbocycles. The van der Waals surface area contributed by atoms with Gasteiger partial charge in [-0.1, -0.05) is 0 Å². The Bertz CT molecular complexity index is 417. The van der Waals surface area contributed by atoms with Gasteiger partial charge < -0.3 is 0 Å². The Hall–Kier alpha value is -0.260. The van der Waals surface area contributed by atoms with Crippen LogP contribution in [0.2, 0.25) is 0 Å². The van der Waals surface area contributed by atoms with Crippen LogP contribution in [0.3, 0.4) is 0 Å². The van der Waals surface area contributed by atoms with Crippen molar-refractivity contribution in [1.29, 1.82) is 0 Å². The van der Waals surface area contributed by atoms with E-state index in [1.165, 1.54) is 17.8 Å². The van der Waals surface area contributed by atoms with Crippen LogP contribution < -0.4 is 0 Å². The Balaban J connectivity index is 3.29. The number of hydrogen-bond donors (Lipinski definition) is 0. The van der Waals surface area contributed by atoms with Crippen LogP contribution in [0.25, 0.3) is 0 Å². The van der Waals surface area contributed by atoms with Gasteiger partial charge in [0, 0.05) is 15.6 Å². The molecule has 1 aromatic rings. The van der Waals surface area contributed by atoms with Gasteiger partial charge >= 0.3 is 0 Å². The van der Waals surface area contributed by atoms with E-state index >= 15 is 0 Å². The standard InChI is InChI=1S/C7H6ClFO2S2/c1-12-5-2-3-7(6(9)4-5)13(8,10)11/h2-4H,1H3. The molecule has 13 heavy (non-hydrogen) atoms. The molecule has 0 heterocycles. The van der Waals surface area contributed by atoms with Crippen LogP contribution in [-0.4, -0.2) is 14.7 Å². The van der Waals surface area contributed by atoms with E-state index in [-0.39, 0.29) is 0 Å². The lowest BCUT2D eigenvalue weighted by Gasteiger charge is -2.00. The van der Waals surface area contributed by atoms with Crippen LogP contribution in [0.5, 0.6) is 0 Å². The summed E-state index contributed by atoms with van der Waals surface area (Å²) < 4.78 is 34.6. The maximum absolute atomic E-state index is 13.1.